The number of nitrogens with one attached hydrogen (secondary N) is 3. The molecule has 12 atom stereocenters. The highest BCUT2D eigenvalue weighted by atomic mass is 16.6. The molecule has 8 rings (SSSR count). The number of ketones is 1. The lowest BCUT2D eigenvalue weighted by molar-refractivity contribution is -0.268. The fraction of sp³-hybridized carbons (Fsp3) is 0.544. The summed E-state index contributed by atoms with van der Waals surface area (Å²) in [4.78, 5) is 126. The standard InChI is InChI=1S/C68H83N3O20/c1-41-50(38-68(83)60(90-62(80)46-24-16-11-17-25-46)58-66(6,51(75)30-31-67(58,40-72)91-43(3)74)59(78)56(87-42(2)73)54(41)65(68,4)5)88-63(81)57(55(44-20-12-9-13-21-44)71-61(79)45-22-14-10-15-23-45)89-53(77)29-28-52(76)69-32-34-84-36-37-85-35-33-70-64(82)86-39-49-47-26-18-7-8-19-27-48(47)49/h9-17,20-25,47-51,55-58,60,72,75,83H,18-19,26-40H2,1-6H3,(H,69,76)(H,70,82)(H,71,79)/t47?,48?,49?,50-,51-,55-,56+,57+,58-,60-,66+,67+,68+/m0/s1. The van der Waals surface area contributed by atoms with Crippen molar-refractivity contribution in [3.63, 3.8) is 0 Å². The van der Waals surface area contributed by atoms with E-state index in [1.807, 2.05) is 0 Å². The van der Waals surface area contributed by atoms with Crippen molar-refractivity contribution in [1.82, 2.24) is 16.0 Å². The van der Waals surface area contributed by atoms with Crippen LogP contribution < -0.4 is 16.0 Å². The van der Waals surface area contributed by atoms with Gasteiger partial charge in [0.05, 0.1) is 69.1 Å². The molecule has 5 aliphatic carbocycles. The van der Waals surface area contributed by atoms with E-state index in [-0.39, 0.29) is 80.2 Å². The van der Waals surface area contributed by atoms with Crippen LogP contribution in [0.1, 0.15) is 132 Å². The Morgan fingerprint density at radius 3 is 1.91 bits per heavy atom. The smallest absolute Gasteiger partial charge is 0.407 e. The van der Waals surface area contributed by atoms with E-state index in [0.717, 1.165) is 39.5 Å². The van der Waals surface area contributed by atoms with Crippen LogP contribution >= 0.6 is 0 Å². The van der Waals surface area contributed by atoms with Crippen LogP contribution in [0, 0.1) is 46.3 Å². The normalized spacial score (nSPS) is 27.6. The molecule has 2 bridgehead atoms. The maximum Gasteiger partial charge on any atom is 0.407 e. The number of alkyl carbamates (subject to hydrolysis) is 1. The van der Waals surface area contributed by atoms with E-state index in [2.05, 4.69) is 27.8 Å². The third-order valence-corrected chi connectivity index (χ3v) is 18.6. The highest BCUT2D eigenvalue weighted by Gasteiger charge is 2.74. The van der Waals surface area contributed by atoms with Gasteiger partial charge in [-0.05, 0) is 98.3 Å². The topological polar surface area (TPSA) is 324 Å². The number of amides is 3. The molecule has 3 fully saturated rings. The van der Waals surface area contributed by atoms with E-state index < -0.39 is 144 Å². The lowest BCUT2D eigenvalue weighted by Gasteiger charge is -2.63. The van der Waals surface area contributed by atoms with E-state index in [0.29, 0.717) is 24.4 Å². The minimum Gasteiger partial charge on any atom is -0.456 e. The summed E-state index contributed by atoms with van der Waals surface area (Å²) in [7, 11) is 0. The first kappa shape index (κ1) is 68.9. The Morgan fingerprint density at radius 1 is 0.725 bits per heavy atom. The summed E-state index contributed by atoms with van der Waals surface area (Å²) >= 11 is 0. The Labute approximate surface area is 528 Å². The number of esters is 5. The average Bonchev–Trinajstić information content (AvgIpc) is 1.62. The van der Waals surface area contributed by atoms with Gasteiger partial charge in [-0.25, -0.2) is 14.4 Å². The number of Topliss-reactive ketones (excluding diaryl/α,β-unsaturated/α-hetero) is 1. The molecule has 0 aliphatic heterocycles. The van der Waals surface area contributed by atoms with Crippen LogP contribution in [0.5, 0.6) is 0 Å². The van der Waals surface area contributed by atoms with Gasteiger partial charge in [0.2, 0.25) is 12.0 Å². The van der Waals surface area contributed by atoms with E-state index >= 15 is 9.59 Å². The summed E-state index contributed by atoms with van der Waals surface area (Å²) < 4.78 is 47.3. The van der Waals surface area contributed by atoms with Crippen LogP contribution in [0.15, 0.2) is 102 Å². The number of ether oxygens (including phenoxy) is 8. The molecule has 0 aromatic heterocycles. The molecule has 490 valence electrons. The van der Waals surface area contributed by atoms with Crippen molar-refractivity contribution in [2.75, 3.05) is 52.7 Å². The van der Waals surface area contributed by atoms with Crippen molar-refractivity contribution >= 4 is 53.5 Å². The third kappa shape index (κ3) is 15.8. The van der Waals surface area contributed by atoms with Gasteiger partial charge in [-0.3, -0.25) is 28.8 Å². The van der Waals surface area contributed by atoms with Crippen LogP contribution in [-0.2, 0) is 66.7 Å². The van der Waals surface area contributed by atoms with E-state index in [1.54, 1.807) is 66.7 Å². The Bertz CT molecular complexity index is 3200. The number of hydrogen-bond donors (Lipinski definition) is 6. The highest BCUT2D eigenvalue weighted by Crippen LogP contribution is 2.63. The first-order valence-corrected chi connectivity index (χ1v) is 31.0. The lowest BCUT2D eigenvalue weighted by Crippen LogP contribution is -2.76. The summed E-state index contributed by atoms with van der Waals surface area (Å²) in [5.41, 5.74) is -8.55. The monoisotopic (exact) mass is 1260 g/mol. The van der Waals surface area contributed by atoms with E-state index in [9.17, 15) is 48.9 Å². The molecule has 91 heavy (non-hydrogen) atoms. The molecule has 3 aromatic rings. The SMILES string of the molecule is CC(=O)O[C@H]1C(=O)[C@@]2(C)[C@H]([C@H](OC(=O)c3ccccc3)[C@]3(O)C[C@H](OC(=O)[C@H](OC(=O)CCC(=O)NCCOCCOCCNC(=O)OCC4C5CCC#CCCC54)[C@@H](NC(=O)c4ccccc4)c4ccccc4)C(C)=C1C3(C)C)[C@@](CO)(OC(C)=O)CC[C@@H]2O. The lowest BCUT2D eigenvalue weighted by atomic mass is 9.45. The number of aliphatic hydroxyl groups is 3. The van der Waals surface area contributed by atoms with Gasteiger partial charge in [0.1, 0.15) is 29.5 Å². The van der Waals surface area contributed by atoms with Gasteiger partial charge in [-0.1, -0.05) is 80.6 Å². The van der Waals surface area contributed by atoms with Gasteiger partial charge in [0, 0.05) is 63.6 Å². The first-order valence-electron chi connectivity index (χ1n) is 31.0. The molecule has 0 heterocycles. The number of carbonyl (C=O) groups excluding carboxylic acids is 9. The molecule has 0 radical (unpaired) electrons. The fourth-order valence-corrected chi connectivity index (χ4v) is 13.8. The van der Waals surface area contributed by atoms with Gasteiger partial charge >= 0.3 is 35.9 Å². The molecule has 3 saturated carbocycles. The highest BCUT2D eigenvalue weighted by molar-refractivity contribution is 5.96. The van der Waals surface area contributed by atoms with Crippen LogP contribution in [0.3, 0.4) is 0 Å². The summed E-state index contributed by atoms with van der Waals surface area (Å²) in [5.74, 6) is -1.59. The third-order valence-electron chi connectivity index (χ3n) is 18.6. The minimum absolute atomic E-state index is 0.0237. The number of fused-ring (bicyclic) bond motifs is 4. The van der Waals surface area contributed by atoms with E-state index in [1.165, 1.54) is 52.0 Å². The molecule has 5 aliphatic rings. The van der Waals surface area contributed by atoms with Gasteiger partial charge in [-0.2, -0.15) is 0 Å². The zero-order chi connectivity index (χ0) is 65.7. The molecule has 2 unspecified atom stereocenters. The average molecular weight is 1260 g/mol. The Kier molecular flexibility index (Phi) is 23.0. The largest absolute Gasteiger partial charge is 0.456 e. The molecule has 3 aromatic carbocycles. The van der Waals surface area contributed by atoms with Crippen molar-refractivity contribution in [2.45, 2.75) is 147 Å². The van der Waals surface area contributed by atoms with Gasteiger partial charge in [0.15, 0.2) is 11.9 Å². The number of rotatable bonds is 26. The van der Waals surface area contributed by atoms with Crippen molar-refractivity contribution < 1.29 is 96.4 Å². The zero-order valence-electron chi connectivity index (χ0n) is 52.2. The molecule has 3 amide bonds. The Balaban J connectivity index is 1.01. The summed E-state index contributed by atoms with van der Waals surface area (Å²) in [6.07, 6.45) is -8.40. The summed E-state index contributed by atoms with van der Waals surface area (Å²) in [6, 6.07) is 22.0. The predicted molar refractivity (Wildman–Crippen MR) is 323 cm³/mol. The Morgan fingerprint density at radius 2 is 1.32 bits per heavy atom. The summed E-state index contributed by atoms with van der Waals surface area (Å²) in [5, 5.41) is 45.8. The second kappa shape index (κ2) is 30.4. The molecule has 6 N–H and O–H groups in total. The van der Waals surface area contributed by atoms with Crippen LogP contribution in [0.2, 0.25) is 0 Å². The minimum atomic E-state index is -2.60. The van der Waals surface area contributed by atoms with Gasteiger partial charge in [0.25, 0.3) is 5.91 Å². The molecule has 23 nitrogen and oxygen atoms in total. The molecular weight excluding hydrogens is 1180 g/mol. The Hall–Kier alpha value is -8.01. The van der Waals surface area contributed by atoms with Crippen LogP contribution in [-0.4, -0.2) is 163 Å². The number of carbonyl (C=O) groups is 9. The van der Waals surface area contributed by atoms with Crippen molar-refractivity contribution in [2.24, 2.45) is 34.5 Å². The van der Waals surface area contributed by atoms with Crippen molar-refractivity contribution in [3.8, 4) is 11.8 Å². The summed E-state index contributed by atoms with van der Waals surface area (Å²) in [6.45, 7) is 8.15. The predicted octanol–water partition coefficient (Wildman–Crippen LogP) is 5.37. The molecule has 0 spiro atoms. The van der Waals surface area contributed by atoms with Gasteiger partial charge < -0.3 is 69.2 Å². The fourth-order valence-electron chi connectivity index (χ4n) is 13.8. The molecule has 0 saturated heterocycles. The maximum absolute atomic E-state index is 15.8. The van der Waals surface area contributed by atoms with Crippen molar-refractivity contribution in [3.05, 3.63) is 119 Å². The van der Waals surface area contributed by atoms with Crippen LogP contribution in [0.25, 0.3) is 0 Å². The first-order chi connectivity index (χ1) is 43.5. The zero-order valence-corrected chi connectivity index (χ0v) is 52.2. The van der Waals surface area contributed by atoms with Crippen molar-refractivity contribution in [1.29, 1.82) is 0 Å². The molecular formula is C68H83N3O20. The number of hydrogen-bond acceptors (Lipinski definition) is 20. The second-order valence-corrected chi connectivity index (χ2v) is 24.6. The second-order valence-electron chi connectivity index (χ2n) is 24.6. The van der Waals surface area contributed by atoms with Gasteiger partial charge in [-0.15, -0.1) is 11.8 Å². The quantitative estimate of drug-likeness (QED) is 0.0194. The van der Waals surface area contributed by atoms with E-state index in [4.69, 9.17) is 37.9 Å². The van der Waals surface area contributed by atoms with Crippen LogP contribution in [0.4, 0.5) is 4.79 Å². The number of benzene rings is 3. The number of aliphatic hydroxyl groups excluding tert-OH is 2. The maximum atomic E-state index is 15.8. The molecule has 23 heteroatoms.